The second-order valence-corrected chi connectivity index (χ2v) is 8.57. The van der Waals surface area contributed by atoms with Crippen LogP contribution in [0.25, 0.3) is 5.52 Å². The summed E-state index contributed by atoms with van der Waals surface area (Å²) in [6.07, 6.45) is 1.66. The van der Waals surface area contributed by atoms with Gasteiger partial charge in [-0.1, -0.05) is 13.0 Å². The van der Waals surface area contributed by atoms with Crippen molar-refractivity contribution in [2.75, 3.05) is 31.1 Å². The zero-order valence-electron chi connectivity index (χ0n) is 13.5. The van der Waals surface area contributed by atoms with Crippen molar-refractivity contribution >= 4 is 21.3 Å². The van der Waals surface area contributed by atoms with E-state index in [9.17, 15) is 13.2 Å². The third-order valence-electron chi connectivity index (χ3n) is 5.10. The Labute approximate surface area is 140 Å². The molecule has 1 amide bonds. The van der Waals surface area contributed by atoms with E-state index in [4.69, 9.17) is 0 Å². The summed E-state index contributed by atoms with van der Waals surface area (Å²) in [5, 5.41) is 4.22. The number of carbonyl (C=O) groups excluding carboxylic acids is 1. The molecule has 0 bridgehead atoms. The largest absolute Gasteiger partial charge is 0.330 e. The van der Waals surface area contributed by atoms with E-state index in [1.807, 2.05) is 25.1 Å². The Morgan fingerprint density at radius 3 is 2.79 bits per heavy atom. The van der Waals surface area contributed by atoms with Crippen molar-refractivity contribution < 1.29 is 13.2 Å². The van der Waals surface area contributed by atoms with Gasteiger partial charge in [-0.3, -0.25) is 9.69 Å². The molecule has 0 saturated carbocycles. The first-order chi connectivity index (χ1) is 11.5. The standard InChI is InChI=1S/C16H20N4O3S/c1-2-18-8-9-19(15-11-24(22,23)10-14(15)18)16(21)13-5-3-4-12-6-7-17-20(12)13/h3-7,14-15H,2,8-11H2,1H3/t14-,15+/m0/s1. The van der Waals surface area contributed by atoms with Crippen LogP contribution in [0.1, 0.15) is 17.4 Å². The van der Waals surface area contributed by atoms with E-state index in [2.05, 4.69) is 10.00 Å². The molecule has 7 nitrogen and oxygen atoms in total. The lowest BCUT2D eigenvalue weighted by Crippen LogP contribution is -2.60. The van der Waals surface area contributed by atoms with Gasteiger partial charge in [-0.15, -0.1) is 0 Å². The third kappa shape index (κ3) is 2.41. The van der Waals surface area contributed by atoms with Gasteiger partial charge >= 0.3 is 0 Å². The van der Waals surface area contributed by atoms with Gasteiger partial charge in [0.05, 0.1) is 29.3 Å². The SMILES string of the molecule is CCN1CCN(C(=O)c2cccc3ccnn23)[C@@H]2CS(=O)(=O)C[C@@H]21. The molecule has 2 atom stereocenters. The molecule has 8 heteroatoms. The minimum Gasteiger partial charge on any atom is -0.330 e. The summed E-state index contributed by atoms with van der Waals surface area (Å²) < 4.78 is 25.9. The number of amides is 1. The van der Waals surface area contributed by atoms with Crippen LogP contribution < -0.4 is 0 Å². The van der Waals surface area contributed by atoms with Gasteiger partial charge < -0.3 is 4.90 Å². The van der Waals surface area contributed by atoms with Crippen molar-refractivity contribution in [3.8, 4) is 0 Å². The van der Waals surface area contributed by atoms with E-state index in [0.29, 0.717) is 18.8 Å². The van der Waals surface area contributed by atoms with E-state index >= 15 is 0 Å². The highest BCUT2D eigenvalue weighted by Crippen LogP contribution is 2.28. The van der Waals surface area contributed by atoms with Crippen molar-refractivity contribution in [3.05, 3.63) is 36.2 Å². The zero-order chi connectivity index (χ0) is 16.9. The van der Waals surface area contributed by atoms with E-state index in [-0.39, 0.29) is 29.5 Å². The van der Waals surface area contributed by atoms with Crippen molar-refractivity contribution in [1.82, 2.24) is 19.4 Å². The molecule has 0 N–H and O–H groups in total. The summed E-state index contributed by atoms with van der Waals surface area (Å²) in [7, 11) is -3.11. The van der Waals surface area contributed by atoms with Gasteiger partial charge in [0.2, 0.25) is 0 Å². The fourth-order valence-electron chi connectivity index (χ4n) is 3.93. The summed E-state index contributed by atoms with van der Waals surface area (Å²) in [6.45, 7) is 4.08. The molecular formula is C16H20N4O3S. The highest BCUT2D eigenvalue weighted by atomic mass is 32.2. The third-order valence-corrected chi connectivity index (χ3v) is 6.80. The number of piperazine rings is 1. The Hall–Kier alpha value is -1.93. The van der Waals surface area contributed by atoms with E-state index in [0.717, 1.165) is 12.1 Å². The van der Waals surface area contributed by atoms with Gasteiger partial charge in [0.1, 0.15) is 5.69 Å². The highest BCUT2D eigenvalue weighted by molar-refractivity contribution is 7.91. The second kappa shape index (κ2) is 5.56. The van der Waals surface area contributed by atoms with Crippen LogP contribution in [0.4, 0.5) is 0 Å². The fourth-order valence-corrected chi connectivity index (χ4v) is 5.94. The van der Waals surface area contributed by atoms with Gasteiger partial charge in [-0.2, -0.15) is 5.10 Å². The maximum atomic E-state index is 13.1. The molecule has 0 radical (unpaired) electrons. The quantitative estimate of drug-likeness (QED) is 0.779. The molecule has 2 saturated heterocycles. The molecule has 0 spiro atoms. The van der Waals surface area contributed by atoms with Gasteiger partial charge in [-0.25, -0.2) is 12.9 Å². The highest BCUT2D eigenvalue weighted by Gasteiger charge is 2.47. The Morgan fingerprint density at radius 2 is 2.00 bits per heavy atom. The molecule has 2 aliphatic heterocycles. The predicted molar refractivity (Wildman–Crippen MR) is 89.7 cm³/mol. The van der Waals surface area contributed by atoms with Crippen LogP contribution in [0.3, 0.4) is 0 Å². The number of aromatic nitrogens is 2. The minimum atomic E-state index is -3.11. The molecule has 4 rings (SSSR count). The van der Waals surface area contributed by atoms with Crippen LogP contribution >= 0.6 is 0 Å². The normalized spacial score (nSPS) is 26.6. The Morgan fingerprint density at radius 1 is 1.21 bits per heavy atom. The molecule has 128 valence electrons. The lowest BCUT2D eigenvalue weighted by molar-refractivity contribution is 0.0342. The Kier molecular flexibility index (Phi) is 3.61. The Bertz CT molecular complexity index is 892. The van der Waals surface area contributed by atoms with E-state index in [1.54, 1.807) is 21.7 Å². The summed E-state index contributed by atoms with van der Waals surface area (Å²) in [5.41, 5.74) is 1.33. The number of sulfone groups is 1. The number of rotatable bonds is 2. The van der Waals surface area contributed by atoms with Crippen molar-refractivity contribution in [1.29, 1.82) is 0 Å². The molecule has 2 fully saturated rings. The van der Waals surface area contributed by atoms with Crippen molar-refractivity contribution in [3.63, 3.8) is 0 Å². The molecule has 2 aromatic heterocycles. The molecule has 4 heterocycles. The monoisotopic (exact) mass is 348 g/mol. The summed E-state index contributed by atoms with van der Waals surface area (Å²) in [5.74, 6) is 0.0446. The molecule has 0 aromatic carbocycles. The number of carbonyl (C=O) groups is 1. The first-order valence-electron chi connectivity index (χ1n) is 8.18. The molecular weight excluding hydrogens is 328 g/mol. The average molecular weight is 348 g/mol. The van der Waals surface area contributed by atoms with Crippen LogP contribution in [-0.2, 0) is 9.84 Å². The van der Waals surface area contributed by atoms with Crippen LogP contribution in [-0.4, -0.2) is 77.0 Å². The molecule has 24 heavy (non-hydrogen) atoms. The topological polar surface area (TPSA) is 75.0 Å². The van der Waals surface area contributed by atoms with E-state index in [1.165, 1.54) is 0 Å². The van der Waals surface area contributed by atoms with Crippen LogP contribution in [0, 0.1) is 0 Å². The smallest absolute Gasteiger partial charge is 0.272 e. The summed E-state index contributed by atoms with van der Waals surface area (Å²) >= 11 is 0. The van der Waals surface area contributed by atoms with Gasteiger partial charge in [0.15, 0.2) is 9.84 Å². The maximum Gasteiger partial charge on any atom is 0.272 e. The zero-order valence-corrected chi connectivity index (χ0v) is 14.3. The van der Waals surface area contributed by atoms with Gasteiger partial charge in [-0.05, 0) is 24.7 Å². The predicted octanol–water partition coefficient (Wildman–Crippen LogP) is 0.278. The summed E-state index contributed by atoms with van der Waals surface area (Å²) in [6, 6.07) is 6.93. The first-order valence-corrected chi connectivity index (χ1v) is 10.0. The summed E-state index contributed by atoms with van der Waals surface area (Å²) in [4.78, 5) is 17.0. The number of hydrogen-bond donors (Lipinski definition) is 0. The van der Waals surface area contributed by atoms with Gasteiger partial charge in [0.25, 0.3) is 5.91 Å². The number of fused-ring (bicyclic) bond motifs is 2. The first kappa shape index (κ1) is 15.6. The van der Waals surface area contributed by atoms with Crippen molar-refractivity contribution in [2.45, 2.75) is 19.0 Å². The second-order valence-electron chi connectivity index (χ2n) is 6.42. The van der Waals surface area contributed by atoms with Gasteiger partial charge in [0, 0.05) is 19.1 Å². The number of pyridine rings is 1. The van der Waals surface area contributed by atoms with Crippen molar-refractivity contribution in [2.24, 2.45) is 0 Å². The van der Waals surface area contributed by atoms with Crippen LogP contribution in [0.5, 0.6) is 0 Å². The van der Waals surface area contributed by atoms with Crippen LogP contribution in [0.2, 0.25) is 0 Å². The molecule has 0 aliphatic carbocycles. The lowest BCUT2D eigenvalue weighted by atomic mass is 10.0. The average Bonchev–Trinajstić information content (AvgIpc) is 3.15. The van der Waals surface area contributed by atoms with E-state index < -0.39 is 9.84 Å². The fraction of sp³-hybridized carbons (Fsp3) is 0.500. The Balaban J connectivity index is 1.71. The number of hydrogen-bond acceptors (Lipinski definition) is 5. The molecule has 2 aromatic rings. The minimum absolute atomic E-state index is 0.0506. The van der Waals surface area contributed by atoms with Crippen LogP contribution in [0.15, 0.2) is 30.5 Å². The lowest BCUT2D eigenvalue weighted by Gasteiger charge is -2.43. The molecule has 0 unspecified atom stereocenters. The maximum absolute atomic E-state index is 13.1. The molecule has 2 aliphatic rings. The number of likely N-dealkylation sites (N-methyl/N-ethyl adjacent to an activating group) is 1. The number of nitrogens with zero attached hydrogens (tertiary/aromatic N) is 4.